The second-order valence-corrected chi connectivity index (χ2v) is 9.18. The molecule has 0 fully saturated rings. The maximum atomic E-state index is 13.0. The maximum absolute atomic E-state index is 13.0. The van der Waals surface area contributed by atoms with Gasteiger partial charge >= 0.3 is 6.03 Å². The van der Waals surface area contributed by atoms with E-state index in [9.17, 15) is 9.59 Å². The lowest BCUT2D eigenvalue weighted by Gasteiger charge is -2.30. The second kappa shape index (κ2) is 8.87. The number of rotatable bonds is 3. The molecule has 1 heterocycles. The summed E-state index contributed by atoms with van der Waals surface area (Å²) in [6.07, 6.45) is 1.76. The van der Waals surface area contributed by atoms with Crippen molar-refractivity contribution in [2.75, 3.05) is 22.1 Å². The molecule has 3 aromatic rings. The largest absolute Gasteiger partial charge is 0.323 e. The zero-order valence-electron chi connectivity index (χ0n) is 18.8. The Morgan fingerprint density at radius 3 is 2.19 bits per heavy atom. The fourth-order valence-electron chi connectivity index (χ4n) is 3.97. The lowest BCUT2D eigenvalue weighted by molar-refractivity contribution is 0.0985. The van der Waals surface area contributed by atoms with Crippen LogP contribution in [0.3, 0.4) is 0 Å². The SMILES string of the molecule is CC(C)(C)c1ccc(NC(=O)Nc2ccc3c(c2)CCCN3C(=O)c2ccccc2)cc1. The summed E-state index contributed by atoms with van der Waals surface area (Å²) in [6, 6.07) is 22.7. The number of carbonyl (C=O) groups is 2. The van der Waals surface area contributed by atoms with Crippen molar-refractivity contribution < 1.29 is 9.59 Å². The molecule has 4 rings (SSSR count). The van der Waals surface area contributed by atoms with Gasteiger partial charge in [0, 0.05) is 29.2 Å². The van der Waals surface area contributed by atoms with Crippen molar-refractivity contribution in [3.8, 4) is 0 Å². The topological polar surface area (TPSA) is 61.4 Å². The van der Waals surface area contributed by atoms with Gasteiger partial charge in [-0.1, -0.05) is 51.1 Å². The fraction of sp³-hybridized carbons (Fsp3) is 0.259. The number of hydrogen-bond acceptors (Lipinski definition) is 2. The zero-order chi connectivity index (χ0) is 22.7. The molecule has 0 unspecified atom stereocenters. The zero-order valence-corrected chi connectivity index (χ0v) is 18.8. The van der Waals surface area contributed by atoms with Crippen LogP contribution in [0.1, 0.15) is 48.7 Å². The first kappa shape index (κ1) is 21.6. The van der Waals surface area contributed by atoms with Crippen LogP contribution in [0.2, 0.25) is 0 Å². The Morgan fingerprint density at radius 1 is 0.844 bits per heavy atom. The molecule has 5 nitrogen and oxygen atoms in total. The maximum Gasteiger partial charge on any atom is 0.323 e. The first-order valence-corrected chi connectivity index (χ1v) is 11.0. The normalized spacial score (nSPS) is 13.3. The molecular formula is C27H29N3O2. The number of benzene rings is 3. The second-order valence-electron chi connectivity index (χ2n) is 9.18. The minimum absolute atomic E-state index is 0.00343. The first-order chi connectivity index (χ1) is 15.3. The average molecular weight is 428 g/mol. The van der Waals surface area contributed by atoms with Crippen molar-refractivity contribution in [3.63, 3.8) is 0 Å². The van der Waals surface area contributed by atoms with E-state index in [1.807, 2.05) is 77.7 Å². The van der Waals surface area contributed by atoms with Crippen molar-refractivity contribution in [2.24, 2.45) is 0 Å². The summed E-state index contributed by atoms with van der Waals surface area (Å²) in [5.41, 5.74) is 5.39. The van der Waals surface area contributed by atoms with Gasteiger partial charge < -0.3 is 15.5 Å². The Kier molecular flexibility index (Phi) is 5.99. The predicted molar refractivity (Wildman–Crippen MR) is 131 cm³/mol. The van der Waals surface area contributed by atoms with E-state index in [2.05, 4.69) is 31.4 Å². The third kappa shape index (κ3) is 4.83. The van der Waals surface area contributed by atoms with Gasteiger partial charge in [-0.3, -0.25) is 4.79 Å². The van der Waals surface area contributed by atoms with E-state index in [0.29, 0.717) is 17.8 Å². The molecule has 0 aromatic heterocycles. The van der Waals surface area contributed by atoms with E-state index < -0.39 is 0 Å². The number of nitrogens with zero attached hydrogens (tertiary/aromatic N) is 1. The molecule has 32 heavy (non-hydrogen) atoms. The van der Waals surface area contributed by atoms with Crippen molar-refractivity contribution >= 4 is 29.0 Å². The summed E-state index contributed by atoms with van der Waals surface area (Å²) in [5.74, 6) is 0.00343. The summed E-state index contributed by atoms with van der Waals surface area (Å²) in [6.45, 7) is 7.17. The molecule has 5 heteroatoms. The van der Waals surface area contributed by atoms with Gasteiger partial charge in [0.1, 0.15) is 0 Å². The van der Waals surface area contributed by atoms with Crippen LogP contribution in [-0.2, 0) is 11.8 Å². The Bertz CT molecular complexity index is 1120. The van der Waals surface area contributed by atoms with Crippen molar-refractivity contribution in [2.45, 2.75) is 39.0 Å². The van der Waals surface area contributed by atoms with E-state index in [4.69, 9.17) is 0 Å². The van der Waals surface area contributed by atoms with Crippen LogP contribution in [0.4, 0.5) is 21.9 Å². The smallest absolute Gasteiger partial charge is 0.308 e. The molecule has 0 radical (unpaired) electrons. The Hall–Kier alpha value is -3.60. The predicted octanol–water partition coefficient (Wildman–Crippen LogP) is 6.22. The number of amides is 3. The van der Waals surface area contributed by atoms with E-state index >= 15 is 0 Å². The molecule has 3 amide bonds. The van der Waals surface area contributed by atoms with E-state index in [-0.39, 0.29) is 17.4 Å². The molecule has 0 saturated heterocycles. The Labute approximate surface area is 189 Å². The minimum atomic E-state index is -0.290. The molecule has 1 aliphatic heterocycles. The van der Waals surface area contributed by atoms with E-state index in [1.54, 1.807) is 0 Å². The Balaban J connectivity index is 1.45. The van der Waals surface area contributed by atoms with Crippen LogP contribution in [0.5, 0.6) is 0 Å². The molecule has 3 aromatic carbocycles. The Morgan fingerprint density at radius 2 is 1.50 bits per heavy atom. The molecule has 2 N–H and O–H groups in total. The van der Waals surface area contributed by atoms with Gasteiger partial charge in [-0.25, -0.2) is 4.79 Å². The fourth-order valence-corrected chi connectivity index (χ4v) is 3.97. The lowest BCUT2D eigenvalue weighted by atomic mass is 9.87. The van der Waals surface area contributed by atoms with Crippen LogP contribution in [0.15, 0.2) is 72.8 Å². The number of carbonyl (C=O) groups excluding carboxylic acids is 2. The molecule has 0 spiro atoms. The molecule has 0 bridgehead atoms. The molecule has 164 valence electrons. The van der Waals surface area contributed by atoms with Crippen molar-refractivity contribution in [3.05, 3.63) is 89.5 Å². The highest BCUT2D eigenvalue weighted by Gasteiger charge is 2.24. The molecule has 0 saturated carbocycles. The highest BCUT2D eigenvalue weighted by molar-refractivity contribution is 6.07. The number of fused-ring (bicyclic) bond motifs is 1. The number of aryl methyl sites for hydroxylation is 1. The lowest BCUT2D eigenvalue weighted by Crippen LogP contribution is -2.35. The molecule has 0 atom stereocenters. The van der Waals surface area contributed by atoms with Gasteiger partial charge in [-0.05, 0) is 71.8 Å². The van der Waals surface area contributed by atoms with Gasteiger partial charge in [0.05, 0.1) is 0 Å². The summed E-state index contributed by atoms with van der Waals surface area (Å²) >= 11 is 0. The standard InChI is InChI=1S/C27H29N3O2/c1-27(2,3)21-11-13-22(14-12-21)28-26(32)29-23-15-16-24-20(18-23)10-7-17-30(24)25(31)19-8-5-4-6-9-19/h4-6,8-9,11-16,18H,7,10,17H2,1-3H3,(H2,28,29,32). The number of urea groups is 1. The minimum Gasteiger partial charge on any atom is -0.308 e. The van der Waals surface area contributed by atoms with Crippen LogP contribution >= 0.6 is 0 Å². The van der Waals surface area contributed by atoms with Crippen molar-refractivity contribution in [1.82, 2.24) is 0 Å². The van der Waals surface area contributed by atoms with Crippen molar-refractivity contribution in [1.29, 1.82) is 0 Å². The van der Waals surface area contributed by atoms with Gasteiger partial charge in [0.25, 0.3) is 5.91 Å². The highest BCUT2D eigenvalue weighted by Crippen LogP contribution is 2.31. The third-order valence-corrected chi connectivity index (χ3v) is 5.73. The third-order valence-electron chi connectivity index (χ3n) is 5.73. The quantitative estimate of drug-likeness (QED) is 0.521. The number of hydrogen-bond donors (Lipinski definition) is 2. The van der Waals surface area contributed by atoms with Gasteiger partial charge in [-0.2, -0.15) is 0 Å². The van der Waals surface area contributed by atoms with Gasteiger partial charge in [-0.15, -0.1) is 0 Å². The summed E-state index contributed by atoms with van der Waals surface area (Å²) < 4.78 is 0. The van der Waals surface area contributed by atoms with E-state index in [0.717, 1.165) is 29.8 Å². The van der Waals surface area contributed by atoms with Crippen LogP contribution in [0, 0.1) is 0 Å². The van der Waals surface area contributed by atoms with Crippen LogP contribution < -0.4 is 15.5 Å². The van der Waals surface area contributed by atoms with Crippen LogP contribution in [0.25, 0.3) is 0 Å². The molecule has 1 aliphatic rings. The number of anilines is 3. The van der Waals surface area contributed by atoms with Gasteiger partial charge in [0.15, 0.2) is 0 Å². The first-order valence-electron chi connectivity index (χ1n) is 11.0. The summed E-state index contributed by atoms with van der Waals surface area (Å²) in [5, 5.41) is 5.79. The molecular weight excluding hydrogens is 398 g/mol. The highest BCUT2D eigenvalue weighted by atomic mass is 16.2. The van der Waals surface area contributed by atoms with Gasteiger partial charge in [0.2, 0.25) is 0 Å². The van der Waals surface area contributed by atoms with Crippen LogP contribution in [-0.4, -0.2) is 18.5 Å². The summed E-state index contributed by atoms with van der Waals surface area (Å²) in [4.78, 5) is 27.3. The summed E-state index contributed by atoms with van der Waals surface area (Å²) in [7, 11) is 0. The number of nitrogens with one attached hydrogen (secondary N) is 2. The van der Waals surface area contributed by atoms with E-state index in [1.165, 1.54) is 5.56 Å². The molecule has 0 aliphatic carbocycles. The monoisotopic (exact) mass is 427 g/mol. The average Bonchev–Trinajstić information content (AvgIpc) is 2.78.